The second-order valence-electron chi connectivity index (χ2n) is 4.25. The van der Waals surface area contributed by atoms with Gasteiger partial charge in [-0.2, -0.15) is 4.98 Å². The van der Waals surface area contributed by atoms with E-state index in [1.165, 1.54) is 0 Å². The fourth-order valence-corrected chi connectivity index (χ4v) is 1.91. The number of hydrogen-bond acceptors (Lipinski definition) is 4. The van der Waals surface area contributed by atoms with Crippen LogP contribution in [0.3, 0.4) is 0 Å². The Hall–Kier alpha value is -2.08. The number of hydrogen-bond donors (Lipinski definition) is 2. The molecule has 0 fully saturated rings. The van der Waals surface area contributed by atoms with Gasteiger partial charge in [0.15, 0.2) is 5.96 Å². The molecule has 0 aliphatic heterocycles. The summed E-state index contributed by atoms with van der Waals surface area (Å²) < 4.78 is 5.20. The minimum Gasteiger partial charge on any atom is -0.357 e. The van der Waals surface area contributed by atoms with Gasteiger partial charge in [0, 0.05) is 23.7 Å². The quantitative estimate of drug-likeness (QED) is 0.655. The van der Waals surface area contributed by atoms with E-state index < -0.39 is 0 Å². The van der Waals surface area contributed by atoms with Crippen molar-refractivity contribution in [1.82, 2.24) is 20.8 Å². The Morgan fingerprint density at radius 3 is 2.71 bits per heavy atom. The average molecular weight is 308 g/mol. The van der Waals surface area contributed by atoms with Crippen molar-refractivity contribution >= 4 is 17.6 Å². The van der Waals surface area contributed by atoms with Gasteiger partial charge in [0.2, 0.25) is 11.7 Å². The van der Waals surface area contributed by atoms with Crippen molar-refractivity contribution < 1.29 is 4.52 Å². The van der Waals surface area contributed by atoms with Crippen LogP contribution in [-0.2, 0) is 6.54 Å². The summed E-state index contributed by atoms with van der Waals surface area (Å²) >= 11 is 5.95. The standard InChI is InChI=1S/C14H18ClN5O/c1-3-16-14(17-4-2)18-9-12-19-13(20-21-12)10-6-5-7-11(15)8-10/h5-8H,3-4,9H2,1-2H3,(H2,16,17,18). The Balaban J connectivity index is 2.07. The van der Waals surface area contributed by atoms with E-state index >= 15 is 0 Å². The Morgan fingerprint density at radius 2 is 2.05 bits per heavy atom. The van der Waals surface area contributed by atoms with Crippen LogP contribution in [-0.4, -0.2) is 29.2 Å². The lowest BCUT2D eigenvalue weighted by Crippen LogP contribution is -2.36. The largest absolute Gasteiger partial charge is 0.357 e. The maximum atomic E-state index is 5.95. The van der Waals surface area contributed by atoms with Crippen LogP contribution in [0.15, 0.2) is 33.8 Å². The highest BCUT2D eigenvalue weighted by molar-refractivity contribution is 6.30. The van der Waals surface area contributed by atoms with Crippen LogP contribution >= 0.6 is 11.6 Å². The number of aliphatic imine (C=N–C) groups is 1. The number of aromatic nitrogens is 2. The molecule has 0 saturated carbocycles. The molecule has 2 aromatic rings. The number of benzene rings is 1. The Labute approximate surface area is 128 Å². The first kappa shape index (κ1) is 15.3. The highest BCUT2D eigenvalue weighted by atomic mass is 35.5. The smallest absolute Gasteiger partial charge is 0.248 e. The normalized spacial score (nSPS) is 10.2. The first-order valence-electron chi connectivity index (χ1n) is 6.83. The number of rotatable bonds is 5. The van der Waals surface area contributed by atoms with Crippen molar-refractivity contribution in [1.29, 1.82) is 0 Å². The van der Waals surface area contributed by atoms with E-state index in [0.717, 1.165) is 24.6 Å². The number of halogens is 1. The molecule has 0 radical (unpaired) electrons. The van der Waals surface area contributed by atoms with Gasteiger partial charge in [-0.3, -0.25) is 0 Å². The molecular weight excluding hydrogens is 290 g/mol. The topological polar surface area (TPSA) is 75.3 Å². The van der Waals surface area contributed by atoms with Crippen LogP contribution in [0.2, 0.25) is 5.02 Å². The predicted molar refractivity (Wildman–Crippen MR) is 83.2 cm³/mol. The van der Waals surface area contributed by atoms with Crippen LogP contribution < -0.4 is 10.6 Å². The van der Waals surface area contributed by atoms with Gasteiger partial charge in [-0.15, -0.1) is 0 Å². The molecule has 0 unspecified atom stereocenters. The van der Waals surface area contributed by atoms with Crippen molar-refractivity contribution in [3.05, 3.63) is 35.2 Å². The summed E-state index contributed by atoms with van der Waals surface area (Å²) in [5, 5.41) is 10.8. The summed E-state index contributed by atoms with van der Waals surface area (Å²) in [6.45, 7) is 5.93. The van der Waals surface area contributed by atoms with Crippen molar-refractivity contribution in [3.8, 4) is 11.4 Å². The highest BCUT2D eigenvalue weighted by Crippen LogP contribution is 2.19. The molecule has 21 heavy (non-hydrogen) atoms. The monoisotopic (exact) mass is 307 g/mol. The molecule has 0 bridgehead atoms. The Kier molecular flexibility index (Phi) is 5.57. The lowest BCUT2D eigenvalue weighted by atomic mass is 10.2. The molecule has 6 nitrogen and oxygen atoms in total. The third-order valence-corrected chi connectivity index (χ3v) is 2.85. The van der Waals surface area contributed by atoms with E-state index in [1.54, 1.807) is 12.1 Å². The summed E-state index contributed by atoms with van der Waals surface area (Å²) in [6, 6.07) is 7.32. The van der Waals surface area contributed by atoms with Gasteiger partial charge < -0.3 is 15.2 Å². The van der Waals surface area contributed by atoms with Gasteiger partial charge in [0.05, 0.1) is 0 Å². The molecule has 0 spiro atoms. The number of nitrogens with one attached hydrogen (secondary N) is 2. The van der Waals surface area contributed by atoms with Crippen molar-refractivity contribution in [2.45, 2.75) is 20.4 Å². The fourth-order valence-electron chi connectivity index (χ4n) is 1.72. The maximum Gasteiger partial charge on any atom is 0.248 e. The van der Waals surface area contributed by atoms with E-state index in [0.29, 0.717) is 23.3 Å². The lowest BCUT2D eigenvalue weighted by molar-refractivity contribution is 0.380. The average Bonchev–Trinajstić information content (AvgIpc) is 2.94. The maximum absolute atomic E-state index is 5.95. The molecular formula is C14H18ClN5O. The molecule has 7 heteroatoms. The van der Waals surface area contributed by atoms with Crippen LogP contribution in [0.4, 0.5) is 0 Å². The lowest BCUT2D eigenvalue weighted by Gasteiger charge is -2.07. The van der Waals surface area contributed by atoms with Gasteiger partial charge in [-0.1, -0.05) is 28.9 Å². The Morgan fingerprint density at radius 1 is 1.29 bits per heavy atom. The van der Waals surface area contributed by atoms with Crippen LogP contribution in [0.1, 0.15) is 19.7 Å². The third kappa shape index (κ3) is 4.46. The van der Waals surface area contributed by atoms with Crippen molar-refractivity contribution in [2.75, 3.05) is 13.1 Å². The summed E-state index contributed by atoms with van der Waals surface area (Å²) in [5.74, 6) is 1.69. The van der Waals surface area contributed by atoms with E-state index in [1.807, 2.05) is 26.0 Å². The summed E-state index contributed by atoms with van der Waals surface area (Å²) in [6.07, 6.45) is 0. The van der Waals surface area contributed by atoms with Crippen LogP contribution in [0, 0.1) is 0 Å². The highest BCUT2D eigenvalue weighted by Gasteiger charge is 2.08. The van der Waals surface area contributed by atoms with Gasteiger partial charge in [-0.05, 0) is 26.0 Å². The van der Waals surface area contributed by atoms with E-state index in [9.17, 15) is 0 Å². The minimum atomic E-state index is 0.322. The van der Waals surface area contributed by atoms with Crippen molar-refractivity contribution in [2.24, 2.45) is 4.99 Å². The van der Waals surface area contributed by atoms with E-state index in [-0.39, 0.29) is 0 Å². The molecule has 0 aliphatic rings. The van der Waals surface area contributed by atoms with Crippen LogP contribution in [0.5, 0.6) is 0 Å². The molecule has 112 valence electrons. The second-order valence-corrected chi connectivity index (χ2v) is 4.68. The molecule has 0 atom stereocenters. The van der Waals surface area contributed by atoms with Crippen molar-refractivity contribution in [3.63, 3.8) is 0 Å². The first-order chi connectivity index (χ1) is 10.2. The van der Waals surface area contributed by atoms with Gasteiger partial charge in [0.1, 0.15) is 6.54 Å². The predicted octanol–water partition coefficient (Wildman–Crippen LogP) is 2.47. The van der Waals surface area contributed by atoms with E-state index in [4.69, 9.17) is 16.1 Å². The molecule has 0 amide bonds. The zero-order valence-electron chi connectivity index (χ0n) is 12.1. The molecule has 1 aromatic carbocycles. The first-order valence-corrected chi connectivity index (χ1v) is 7.21. The molecule has 2 N–H and O–H groups in total. The van der Waals surface area contributed by atoms with Gasteiger partial charge in [-0.25, -0.2) is 4.99 Å². The zero-order valence-corrected chi connectivity index (χ0v) is 12.8. The zero-order chi connectivity index (χ0) is 15.1. The van der Waals surface area contributed by atoms with E-state index in [2.05, 4.69) is 25.8 Å². The number of guanidine groups is 1. The molecule has 1 aromatic heterocycles. The molecule has 1 heterocycles. The van der Waals surface area contributed by atoms with Gasteiger partial charge >= 0.3 is 0 Å². The number of nitrogens with zero attached hydrogens (tertiary/aromatic N) is 3. The molecule has 0 saturated heterocycles. The molecule has 2 rings (SSSR count). The third-order valence-electron chi connectivity index (χ3n) is 2.61. The minimum absolute atomic E-state index is 0.322. The fraction of sp³-hybridized carbons (Fsp3) is 0.357. The second kappa shape index (κ2) is 7.64. The summed E-state index contributed by atoms with van der Waals surface area (Å²) in [5.41, 5.74) is 0.820. The summed E-state index contributed by atoms with van der Waals surface area (Å²) in [7, 11) is 0. The Bertz CT molecular complexity index is 603. The van der Waals surface area contributed by atoms with Gasteiger partial charge in [0.25, 0.3) is 0 Å². The SMILES string of the molecule is CCNC(=NCc1nc(-c2cccc(Cl)c2)no1)NCC. The van der Waals surface area contributed by atoms with Crippen LogP contribution in [0.25, 0.3) is 11.4 Å². The molecule has 0 aliphatic carbocycles. The summed E-state index contributed by atoms with van der Waals surface area (Å²) in [4.78, 5) is 8.68.